The van der Waals surface area contributed by atoms with Crippen LogP contribution in [0.2, 0.25) is 5.02 Å². The number of aromatic amines is 1. The molecule has 0 fully saturated rings. The van der Waals surface area contributed by atoms with Gasteiger partial charge < -0.3 is 64.5 Å². The molecule has 0 spiro atoms. The number of hydrogen-bond donors (Lipinski definition) is 12. The summed E-state index contributed by atoms with van der Waals surface area (Å²) in [5, 5.41) is 35.3. The quantitative estimate of drug-likeness (QED) is 0.0200. The van der Waals surface area contributed by atoms with Gasteiger partial charge in [0.1, 0.15) is 48.0 Å². The summed E-state index contributed by atoms with van der Waals surface area (Å²) in [4.78, 5) is 120. The monoisotopic (exact) mass is 1320 g/mol. The van der Waals surface area contributed by atoms with E-state index in [0.29, 0.717) is 40.1 Å². The molecule has 0 saturated carbocycles. The lowest BCUT2D eigenvalue weighted by Gasteiger charge is -2.29. The topological polar surface area (TPSA) is 335 Å². The molecule has 1 heterocycles. The van der Waals surface area contributed by atoms with Gasteiger partial charge in [-0.1, -0.05) is 183 Å². The summed E-state index contributed by atoms with van der Waals surface area (Å²) in [6.07, 6.45) is 2.47. The molecule has 96 heavy (non-hydrogen) atoms. The van der Waals surface area contributed by atoms with Crippen LogP contribution >= 0.6 is 11.6 Å². The molecule has 20 nitrogen and oxygen atoms in total. The minimum absolute atomic E-state index is 0.00198. The first-order valence-corrected chi connectivity index (χ1v) is 32.6. The molecule has 1 aromatic heterocycles. The normalized spacial score (nSPS) is 13.9. The maximum atomic E-state index is 15.2. The van der Waals surface area contributed by atoms with E-state index in [4.69, 9.17) is 28.8 Å². The maximum Gasteiger partial charge on any atom is 0.243 e. The highest BCUT2D eigenvalue weighted by atomic mass is 35.5. The molecule has 15 N–H and O–H groups in total. The average molecular weight is 1320 g/mol. The molecule has 8 aromatic carbocycles. The zero-order chi connectivity index (χ0) is 68.3. The number of amides is 8. The number of benzene rings is 8. The van der Waals surface area contributed by atoms with Crippen LogP contribution in [0.5, 0.6) is 5.75 Å². The van der Waals surface area contributed by atoms with Gasteiger partial charge in [0.15, 0.2) is 0 Å². The number of hydrogen-bond acceptors (Lipinski definition) is 11. The van der Waals surface area contributed by atoms with E-state index in [1.54, 1.807) is 80.7 Å². The maximum absolute atomic E-state index is 15.2. The van der Waals surface area contributed by atoms with Crippen LogP contribution in [0, 0.1) is 5.92 Å². The van der Waals surface area contributed by atoms with Crippen molar-refractivity contribution in [2.75, 3.05) is 6.54 Å². The van der Waals surface area contributed by atoms with Crippen LogP contribution in [-0.4, -0.2) is 112 Å². The Balaban J connectivity index is 0.959. The molecule has 9 rings (SSSR count). The smallest absolute Gasteiger partial charge is 0.243 e. The first-order chi connectivity index (χ1) is 46.3. The molecule has 498 valence electrons. The SMILES string of the molecule is CC(C)[C@H](NC(=O)[C@H](CCCCN)NC(=O)[C@@H](Cc1c[nH]c2ccccc12)NC(=O)[C@H](Cc1ccc(O)cc1)NC(=O)[C@@H](Cc1ccc(Cl)cc1)NC(=O)[C@@H](N)Cc1ccc2ccccc2c1)C(=O)N[C@@H](Cc1ccccc1)C(=O)N[C@@H](Cc1ccc2ccccc2c1)C(N)=O. The van der Waals surface area contributed by atoms with Crippen molar-refractivity contribution < 1.29 is 43.5 Å². The van der Waals surface area contributed by atoms with E-state index in [-0.39, 0.29) is 57.2 Å². The average Bonchev–Trinajstić information content (AvgIpc) is 1.85. The molecule has 8 amide bonds. The Bertz CT molecular complexity index is 4190. The molecule has 0 aliphatic rings. The number of unbranched alkanes of at least 4 members (excludes halogenated alkanes) is 1. The van der Waals surface area contributed by atoms with Gasteiger partial charge in [0, 0.05) is 54.2 Å². The Kier molecular flexibility index (Phi) is 24.5. The molecule has 0 aliphatic heterocycles. The first kappa shape index (κ1) is 69.9. The number of nitrogens with one attached hydrogen (secondary N) is 8. The van der Waals surface area contributed by atoms with E-state index in [1.807, 2.05) is 115 Å². The highest BCUT2D eigenvalue weighted by molar-refractivity contribution is 6.30. The largest absolute Gasteiger partial charge is 0.508 e. The lowest BCUT2D eigenvalue weighted by Crippen LogP contribution is -2.61. The molecular formula is C75H82ClN11O9. The predicted molar refractivity (Wildman–Crippen MR) is 373 cm³/mol. The van der Waals surface area contributed by atoms with Crippen LogP contribution in [0.3, 0.4) is 0 Å². The van der Waals surface area contributed by atoms with Gasteiger partial charge in [-0.25, -0.2) is 0 Å². The van der Waals surface area contributed by atoms with Crippen LogP contribution in [-0.2, 0) is 76.9 Å². The lowest BCUT2D eigenvalue weighted by molar-refractivity contribution is -0.136. The number of carbonyl (C=O) groups is 8. The Labute approximate surface area is 562 Å². The third kappa shape index (κ3) is 19.6. The second-order valence-corrected chi connectivity index (χ2v) is 25.1. The van der Waals surface area contributed by atoms with Gasteiger partial charge in [0.25, 0.3) is 0 Å². The number of nitrogens with two attached hydrogens (primary N) is 3. The van der Waals surface area contributed by atoms with Crippen molar-refractivity contribution in [2.45, 2.75) is 120 Å². The molecule has 8 atom stereocenters. The zero-order valence-electron chi connectivity index (χ0n) is 53.6. The Morgan fingerprint density at radius 1 is 0.438 bits per heavy atom. The van der Waals surface area contributed by atoms with Crippen molar-refractivity contribution in [3.05, 3.63) is 233 Å². The predicted octanol–water partition coefficient (Wildman–Crippen LogP) is 6.58. The van der Waals surface area contributed by atoms with Crippen LogP contribution in [0.15, 0.2) is 194 Å². The van der Waals surface area contributed by atoms with E-state index < -0.39 is 102 Å². The number of phenolic OH excluding ortho intramolecular Hbond substituents is 1. The number of halogens is 1. The summed E-state index contributed by atoms with van der Waals surface area (Å²) in [6.45, 7) is 3.68. The van der Waals surface area contributed by atoms with Crippen molar-refractivity contribution in [3.8, 4) is 5.75 Å². The minimum atomic E-state index is -1.43. The van der Waals surface area contributed by atoms with Crippen molar-refractivity contribution in [1.29, 1.82) is 0 Å². The van der Waals surface area contributed by atoms with E-state index in [0.717, 1.165) is 43.6 Å². The second kappa shape index (κ2) is 33.6. The lowest BCUT2D eigenvalue weighted by atomic mass is 9.98. The summed E-state index contributed by atoms with van der Waals surface area (Å²) < 4.78 is 0. The Hall–Kier alpha value is -10.4. The number of rotatable bonds is 32. The van der Waals surface area contributed by atoms with E-state index >= 15 is 9.59 Å². The fourth-order valence-electron chi connectivity index (χ4n) is 11.6. The number of para-hydroxylation sites is 1. The molecule has 0 bridgehead atoms. The summed E-state index contributed by atoms with van der Waals surface area (Å²) in [6, 6.07) is 45.8. The number of phenols is 1. The molecule has 0 saturated heterocycles. The van der Waals surface area contributed by atoms with Crippen molar-refractivity contribution >= 4 is 91.3 Å². The minimum Gasteiger partial charge on any atom is -0.508 e. The highest BCUT2D eigenvalue weighted by Gasteiger charge is 2.36. The molecule has 0 radical (unpaired) electrons. The summed E-state index contributed by atoms with van der Waals surface area (Å²) >= 11 is 6.26. The number of carbonyl (C=O) groups excluding carboxylic acids is 8. The molecule has 9 aromatic rings. The van der Waals surface area contributed by atoms with E-state index in [9.17, 15) is 33.9 Å². The van der Waals surface area contributed by atoms with E-state index in [2.05, 4.69) is 42.2 Å². The number of fused-ring (bicyclic) bond motifs is 3. The fraction of sp³-hybridized carbons (Fsp3) is 0.280. The number of primary amides is 1. The van der Waals surface area contributed by atoms with Crippen LogP contribution < -0.4 is 54.4 Å². The van der Waals surface area contributed by atoms with Gasteiger partial charge >= 0.3 is 0 Å². The molecule has 21 heteroatoms. The van der Waals surface area contributed by atoms with Gasteiger partial charge in [-0.05, 0) is 123 Å². The van der Waals surface area contributed by atoms with Gasteiger partial charge in [-0.2, -0.15) is 0 Å². The molecule has 0 unspecified atom stereocenters. The molecular weight excluding hydrogens is 1230 g/mol. The van der Waals surface area contributed by atoms with Crippen molar-refractivity contribution in [3.63, 3.8) is 0 Å². The molecule has 0 aliphatic carbocycles. The number of aromatic hydroxyl groups is 1. The summed E-state index contributed by atoms with van der Waals surface area (Å²) in [5.74, 6) is -6.57. The van der Waals surface area contributed by atoms with Gasteiger partial charge in [0.2, 0.25) is 47.3 Å². The standard InChI is InChI=1S/C75H82ClN11O9/c1-45(2)67(75(96)86-65(39-46-14-4-3-5-15-46)71(92)82-62(68(79)89)42-50-24-30-52-17-7-9-19-54(52)37-50)87-70(91)61(22-12-13-35-77)81-74(95)66(43-55-44-80-60-21-11-10-20-58(55)60)85-73(94)64(41-48-27-33-57(88)34-28-48)84-72(93)63(40-47-25-31-56(76)32-26-47)83-69(90)59(78)38-49-23-29-51-16-6-8-18-53(51)36-49/h3-11,14-21,23-34,36-37,44-45,59,61-67,80,88H,12-13,22,35,38-43,77-78H2,1-2H3,(H2,79,89)(H,81,95)(H,82,92)(H,83,90)(H,84,93)(H,85,94)(H,86,96)(H,87,91)/t59-,61-,62-,63+,64-,65-,66+,67-/m0/s1. The van der Waals surface area contributed by atoms with E-state index in [1.165, 1.54) is 12.1 Å². The summed E-state index contributed by atoms with van der Waals surface area (Å²) in [5.41, 5.74) is 23.2. The van der Waals surface area contributed by atoms with Gasteiger partial charge in [-0.3, -0.25) is 38.4 Å². The Morgan fingerprint density at radius 3 is 1.42 bits per heavy atom. The second-order valence-electron chi connectivity index (χ2n) is 24.6. The Morgan fingerprint density at radius 2 is 0.865 bits per heavy atom. The number of H-pyrrole nitrogens is 1. The van der Waals surface area contributed by atoms with Crippen molar-refractivity contribution in [2.24, 2.45) is 23.1 Å². The fourth-order valence-corrected chi connectivity index (χ4v) is 11.8. The van der Waals surface area contributed by atoms with Gasteiger partial charge in [-0.15, -0.1) is 0 Å². The third-order valence-corrected chi connectivity index (χ3v) is 17.2. The van der Waals surface area contributed by atoms with Crippen molar-refractivity contribution in [1.82, 2.24) is 42.2 Å². The van der Waals surface area contributed by atoms with Crippen LogP contribution in [0.1, 0.15) is 66.5 Å². The number of aromatic nitrogens is 1. The third-order valence-electron chi connectivity index (χ3n) is 17.0. The van der Waals surface area contributed by atoms with Crippen LogP contribution in [0.4, 0.5) is 0 Å². The zero-order valence-corrected chi connectivity index (χ0v) is 54.3. The highest BCUT2D eigenvalue weighted by Crippen LogP contribution is 2.23. The van der Waals surface area contributed by atoms with Crippen LogP contribution in [0.25, 0.3) is 32.4 Å². The summed E-state index contributed by atoms with van der Waals surface area (Å²) in [7, 11) is 0. The van der Waals surface area contributed by atoms with Gasteiger partial charge in [0.05, 0.1) is 6.04 Å². The first-order valence-electron chi connectivity index (χ1n) is 32.2.